The van der Waals surface area contributed by atoms with Crippen molar-refractivity contribution in [1.29, 1.82) is 0 Å². The van der Waals surface area contributed by atoms with Crippen molar-refractivity contribution in [2.45, 2.75) is 59.3 Å². The van der Waals surface area contributed by atoms with Gasteiger partial charge in [-0.15, -0.1) is 0 Å². The van der Waals surface area contributed by atoms with E-state index >= 15 is 0 Å². The molecule has 29 heavy (non-hydrogen) atoms. The van der Waals surface area contributed by atoms with E-state index in [0.717, 1.165) is 5.65 Å². The quantitative estimate of drug-likeness (QED) is 0.317. The number of para-hydroxylation sites is 1. The molecule has 0 amide bonds. The Morgan fingerprint density at radius 2 is 1.66 bits per heavy atom. The first-order valence-electron chi connectivity index (χ1n) is 10.9. The zero-order chi connectivity index (χ0) is 20.4. The van der Waals surface area contributed by atoms with Gasteiger partial charge in [-0.1, -0.05) is 70.9 Å². The molecule has 2 aromatic carbocycles. The van der Waals surface area contributed by atoms with Crippen molar-refractivity contribution in [2.24, 2.45) is 5.41 Å². The van der Waals surface area contributed by atoms with Crippen LogP contribution in [0.3, 0.4) is 0 Å². The molecule has 0 bridgehead atoms. The van der Waals surface area contributed by atoms with Crippen LogP contribution in [0.1, 0.15) is 64.9 Å². The largest absolute Gasteiger partial charge is 0.294 e. The summed E-state index contributed by atoms with van der Waals surface area (Å²) in [4.78, 5) is 4.69. The van der Waals surface area contributed by atoms with E-state index in [1.165, 1.54) is 53.2 Å². The minimum atomic E-state index is 0.394. The third-order valence-electron chi connectivity index (χ3n) is 6.22. The van der Waals surface area contributed by atoms with Crippen molar-refractivity contribution in [2.75, 3.05) is 0 Å². The van der Waals surface area contributed by atoms with Crippen LogP contribution in [0.2, 0.25) is 0 Å². The molecule has 0 fully saturated rings. The molecule has 2 nitrogen and oxygen atoms in total. The lowest BCUT2D eigenvalue weighted by atomic mass is 9.77. The van der Waals surface area contributed by atoms with Gasteiger partial charge in [-0.2, -0.15) is 0 Å². The lowest BCUT2D eigenvalue weighted by Crippen LogP contribution is -2.14. The summed E-state index contributed by atoms with van der Waals surface area (Å²) in [5, 5.41) is 2.46. The van der Waals surface area contributed by atoms with Gasteiger partial charge in [0.2, 0.25) is 0 Å². The van der Waals surface area contributed by atoms with Crippen molar-refractivity contribution in [3.63, 3.8) is 0 Å². The minimum Gasteiger partial charge on any atom is -0.294 e. The second-order valence-corrected chi connectivity index (χ2v) is 9.19. The molecule has 0 aliphatic heterocycles. The Kier molecular flexibility index (Phi) is 5.45. The van der Waals surface area contributed by atoms with E-state index in [9.17, 15) is 0 Å². The van der Waals surface area contributed by atoms with E-state index in [4.69, 9.17) is 4.98 Å². The fourth-order valence-corrected chi connectivity index (χ4v) is 4.71. The average molecular weight is 385 g/mol. The Balaban J connectivity index is 1.66. The molecule has 1 unspecified atom stereocenters. The van der Waals surface area contributed by atoms with E-state index in [-0.39, 0.29) is 0 Å². The number of hydrogen-bond donors (Lipinski definition) is 0. The highest BCUT2D eigenvalue weighted by Crippen LogP contribution is 2.36. The van der Waals surface area contributed by atoms with Crippen molar-refractivity contribution in [3.8, 4) is 5.69 Å². The minimum absolute atomic E-state index is 0.394. The molecule has 4 aromatic rings. The number of rotatable bonds is 7. The Morgan fingerprint density at radius 3 is 2.41 bits per heavy atom. The molecule has 0 N–H and O–H groups in total. The van der Waals surface area contributed by atoms with E-state index in [1.807, 2.05) is 12.3 Å². The van der Waals surface area contributed by atoms with Gasteiger partial charge in [-0.05, 0) is 60.1 Å². The topological polar surface area (TPSA) is 17.8 Å². The number of hydrogen-bond acceptors (Lipinski definition) is 1. The molecule has 4 rings (SSSR count). The van der Waals surface area contributed by atoms with E-state index < -0.39 is 0 Å². The molecule has 150 valence electrons. The van der Waals surface area contributed by atoms with Crippen LogP contribution in [-0.4, -0.2) is 9.55 Å². The summed E-state index contributed by atoms with van der Waals surface area (Å²) in [7, 11) is 0. The first-order chi connectivity index (χ1) is 14.0. The summed E-state index contributed by atoms with van der Waals surface area (Å²) in [6.07, 6.45) is 7.01. The normalized spacial score (nSPS) is 13.2. The van der Waals surface area contributed by atoms with Crippen molar-refractivity contribution in [3.05, 3.63) is 72.4 Å². The van der Waals surface area contributed by atoms with Crippen molar-refractivity contribution < 1.29 is 0 Å². The van der Waals surface area contributed by atoms with E-state index in [2.05, 4.69) is 86.9 Å². The second-order valence-electron chi connectivity index (χ2n) is 9.19. The zero-order valence-electron chi connectivity index (χ0n) is 18.2. The van der Waals surface area contributed by atoms with Gasteiger partial charge >= 0.3 is 0 Å². The number of nitrogens with zero attached hydrogens (tertiary/aromatic N) is 2. The van der Waals surface area contributed by atoms with Crippen LogP contribution in [0, 0.1) is 5.41 Å². The van der Waals surface area contributed by atoms with Crippen molar-refractivity contribution >= 4 is 21.9 Å². The molecule has 2 heterocycles. The van der Waals surface area contributed by atoms with Gasteiger partial charge in [0.1, 0.15) is 5.65 Å². The van der Waals surface area contributed by atoms with Crippen LogP contribution >= 0.6 is 0 Å². The summed E-state index contributed by atoms with van der Waals surface area (Å²) >= 11 is 0. The van der Waals surface area contributed by atoms with E-state index in [0.29, 0.717) is 11.3 Å². The molecule has 2 aromatic heterocycles. The van der Waals surface area contributed by atoms with Crippen LogP contribution in [0.15, 0.2) is 66.9 Å². The molecule has 1 atom stereocenters. The van der Waals surface area contributed by atoms with Gasteiger partial charge < -0.3 is 0 Å². The first-order valence-corrected chi connectivity index (χ1v) is 10.9. The van der Waals surface area contributed by atoms with Gasteiger partial charge in [-0.25, -0.2) is 4.98 Å². The van der Waals surface area contributed by atoms with Crippen molar-refractivity contribution in [1.82, 2.24) is 9.55 Å². The fraction of sp³-hybridized carbons (Fsp3) is 0.370. The van der Waals surface area contributed by atoms with Crippen LogP contribution in [0.4, 0.5) is 0 Å². The molecule has 0 spiro atoms. The van der Waals surface area contributed by atoms with Crippen LogP contribution in [0.25, 0.3) is 27.6 Å². The van der Waals surface area contributed by atoms with Gasteiger partial charge in [0.05, 0.1) is 5.52 Å². The summed E-state index contributed by atoms with van der Waals surface area (Å²) < 4.78 is 2.28. The SMILES string of the molecule is CCCCC(C)(C)CC(C)c1ccc(-n2c3ccccc3c3cccnc32)cc1. The lowest BCUT2D eigenvalue weighted by Gasteiger charge is -2.28. The summed E-state index contributed by atoms with van der Waals surface area (Å²) in [6, 6.07) is 21.9. The van der Waals surface area contributed by atoms with Gasteiger partial charge in [-0.3, -0.25) is 4.57 Å². The Labute approximate surface area is 174 Å². The van der Waals surface area contributed by atoms with Gasteiger partial charge in [0.25, 0.3) is 0 Å². The first kappa shape index (κ1) is 19.7. The molecular formula is C27H32N2. The number of pyridine rings is 1. The second kappa shape index (κ2) is 8.02. The molecule has 0 aliphatic rings. The maximum absolute atomic E-state index is 4.69. The van der Waals surface area contributed by atoms with Crippen LogP contribution in [0.5, 0.6) is 0 Å². The average Bonchev–Trinajstić information content (AvgIpc) is 3.07. The highest BCUT2D eigenvalue weighted by atomic mass is 15.0. The molecule has 0 aliphatic carbocycles. The van der Waals surface area contributed by atoms with Crippen LogP contribution in [-0.2, 0) is 0 Å². The maximum Gasteiger partial charge on any atom is 0.145 e. The van der Waals surface area contributed by atoms with Gasteiger partial charge in [0, 0.05) is 22.7 Å². The Hall–Kier alpha value is -2.61. The zero-order valence-corrected chi connectivity index (χ0v) is 18.2. The molecule has 0 saturated heterocycles. The maximum atomic E-state index is 4.69. The predicted molar refractivity (Wildman–Crippen MR) is 125 cm³/mol. The number of fused-ring (bicyclic) bond motifs is 3. The smallest absolute Gasteiger partial charge is 0.145 e. The number of unbranched alkanes of at least 4 members (excludes halogenated alkanes) is 1. The molecule has 2 heteroatoms. The molecular weight excluding hydrogens is 352 g/mol. The van der Waals surface area contributed by atoms with E-state index in [1.54, 1.807) is 0 Å². The molecule has 0 radical (unpaired) electrons. The summed E-state index contributed by atoms with van der Waals surface area (Å²) in [5.41, 5.74) is 5.23. The predicted octanol–water partition coefficient (Wildman–Crippen LogP) is 7.89. The number of aromatic nitrogens is 2. The number of benzene rings is 2. The highest BCUT2D eigenvalue weighted by Gasteiger charge is 2.21. The third-order valence-corrected chi connectivity index (χ3v) is 6.22. The monoisotopic (exact) mass is 384 g/mol. The Bertz CT molecular complexity index is 1050. The standard InChI is InChI=1S/C27H32N2/c1-5-6-17-27(3,4)19-20(2)21-13-15-22(16-14-21)29-25-12-8-7-10-23(25)24-11-9-18-28-26(24)29/h7-16,18,20H,5-6,17,19H2,1-4H3. The summed E-state index contributed by atoms with van der Waals surface area (Å²) in [5.74, 6) is 0.562. The van der Waals surface area contributed by atoms with Crippen LogP contribution < -0.4 is 0 Å². The summed E-state index contributed by atoms with van der Waals surface area (Å²) in [6.45, 7) is 9.47. The Morgan fingerprint density at radius 1 is 0.931 bits per heavy atom. The lowest BCUT2D eigenvalue weighted by molar-refractivity contribution is 0.278. The fourth-order valence-electron chi connectivity index (χ4n) is 4.71. The van der Waals surface area contributed by atoms with Gasteiger partial charge in [0.15, 0.2) is 0 Å². The third kappa shape index (κ3) is 3.94. The highest BCUT2D eigenvalue weighted by molar-refractivity contribution is 6.07. The molecule has 0 saturated carbocycles.